The fourth-order valence-corrected chi connectivity index (χ4v) is 1.64. The largest absolute Gasteiger partial charge is 0.506 e. The van der Waals surface area contributed by atoms with E-state index in [2.05, 4.69) is 10.3 Å². The van der Waals surface area contributed by atoms with Gasteiger partial charge in [-0.15, -0.1) is 0 Å². The van der Waals surface area contributed by atoms with Crippen LogP contribution < -0.4 is 5.32 Å². The number of hydrogen-bond acceptors (Lipinski definition) is 5. The highest BCUT2D eigenvalue weighted by Gasteiger charge is 2.02. The Morgan fingerprint density at radius 1 is 1.21 bits per heavy atom. The SMILES string of the molecule is COCCOCCCCNCc1nc(C)ccc1O. The number of nitrogens with zero attached hydrogens (tertiary/aromatic N) is 1. The van der Waals surface area contributed by atoms with E-state index in [-0.39, 0.29) is 5.75 Å². The lowest BCUT2D eigenvalue weighted by Crippen LogP contribution is -2.16. The Balaban J connectivity index is 2.03. The van der Waals surface area contributed by atoms with Crippen molar-refractivity contribution in [3.63, 3.8) is 0 Å². The molecule has 0 atom stereocenters. The first-order valence-electron chi connectivity index (χ1n) is 6.67. The normalized spacial score (nSPS) is 10.8. The minimum Gasteiger partial charge on any atom is -0.506 e. The van der Waals surface area contributed by atoms with Gasteiger partial charge in [-0.3, -0.25) is 4.98 Å². The van der Waals surface area contributed by atoms with Crippen molar-refractivity contribution in [2.24, 2.45) is 0 Å². The number of nitrogens with one attached hydrogen (secondary N) is 1. The molecule has 108 valence electrons. The van der Waals surface area contributed by atoms with Crippen molar-refractivity contribution in [3.8, 4) is 5.75 Å². The van der Waals surface area contributed by atoms with Gasteiger partial charge in [0.1, 0.15) is 5.75 Å². The zero-order valence-corrected chi connectivity index (χ0v) is 11.8. The molecule has 0 radical (unpaired) electrons. The number of hydrogen-bond donors (Lipinski definition) is 2. The highest BCUT2D eigenvalue weighted by Crippen LogP contribution is 2.13. The van der Waals surface area contributed by atoms with Crippen molar-refractivity contribution in [2.45, 2.75) is 26.3 Å². The van der Waals surface area contributed by atoms with Crippen LogP contribution in [0.4, 0.5) is 0 Å². The maximum atomic E-state index is 9.62. The smallest absolute Gasteiger partial charge is 0.138 e. The second-order valence-corrected chi connectivity index (χ2v) is 4.41. The molecule has 0 aromatic carbocycles. The molecule has 1 aromatic rings. The highest BCUT2D eigenvalue weighted by atomic mass is 16.5. The van der Waals surface area contributed by atoms with E-state index in [0.29, 0.717) is 25.5 Å². The fraction of sp³-hybridized carbons (Fsp3) is 0.643. The van der Waals surface area contributed by atoms with E-state index in [1.165, 1.54) is 0 Å². The minimum absolute atomic E-state index is 0.251. The Morgan fingerprint density at radius 2 is 2.05 bits per heavy atom. The molecule has 0 aliphatic carbocycles. The maximum Gasteiger partial charge on any atom is 0.138 e. The topological polar surface area (TPSA) is 63.6 Å². The van der Waals surface area contributed by atoms with Crippen LogP contribution in [0, 0.1) is 6.92 Å². The molecule has 0 saturated heterocycles. The first kappa shape index (κ1) is 15.9. The molecule has 0 spiro atoms. The molecule has 0 amide bonds. The Morgan fingerprint density at radius 3 is 2.84 bits per heavy atom. The summed E-state index contributed by atoms with van der Waals surface area (Å²) in [6.07, 6.45) is 2.06. The van der Waals surface area contributed by atoms with E-state index in [0.717, 1.165) is 31.7 Å². The molecule has 0 aliphatic heterocycles. The third kappa shape index (κ3) is 7.10. The van der Waals surface area contributed by atoms with Gasteiger partial charge in [-0.25, -0.2) is 0 Å². The summed E-state index contributed by atoms with van der Waals surface area (Å²) in [7, 11) is 1.67. The van der Waals surface area contributed by atoms with Crippen molar-refractivity contribution in [2.75, 3.05) is 33.5 Å². The van der Waals surface area contributed by atoms with Gasteiger partial charge in [-0.1, -0.05) is 0 Å². The summed E-state index contributed by atoms with van der Waals surface area (Å²) in [4.78, 5) is 4.29. The second-order valence-electron chi connectivity index (χ2n) is 4.41. The minimum atomic E-state index is 0.251. The first-order valence-corrected chi connectivity index (χ1v) is 6.67. The molecule has 1 aromatic heterocycles. The summed E-state index contributed by atoms with van der Waals surface area (Å²) < 4.78 is 10.3. The van der Waals surface area contributed by atoms with E-state index < -0.39 is 0 Å². The molecule has 1 rings (SSSR count). The van der Waals surface area contributed by atoms with Crippen LogP contribution in [0.5, 0.6) is 5.75 Å². The van der Waals surface area contributed by atoms with E-state index in [1.807, 2.05) is 6.92 Å². The average molecular weight is 268 g/mol. The standard InChI is InChI=1S/C14H24N2O3/c1-12-5-6-14(17)13(16-12)11-15-7-3-4-8-19-10-9-18-2/h5-6,15,17H,3-4,7-11H2,1-2H3. The molecular weight excluding hydrogens is 244 g/mol. The molecule has 19 heavy (non-hydrogen) atoms. The third-order valence-electron chi connectivity index (χ3n) is 2.71. The Labute approximate surface area is 115 Å². The van der Waals surface area contributed by atoms with E-state index in [4.69, 9.17) is 9.47 Å². The molecule has 0 fully saturated rings. The molecule has 5 nitrogen and oxygen atoms in total. The summed E-state index contributed by atoms with van der Waals surface area (Å²) >= 11 is 0. The third-order valence-corrected chi connectivity index (χ3v) is 2.71. The van der Waals surface area contributed by atoms with Gasteiger partial charge in [0, 0.05) is 26.0 Å². The Kier molecular flexibility index (Phi) is 8.13. The van der Waals surface area contributed by atoms with Gasteiger partial charge in [0.05, 0.1) is 18.9 Å². The summed E-state index contributed by atoms with van der Waals surface area (Å²) in [5.41, 5.74) is 1.62. The van der Waals surface area contributed by atoms with Crippen LogP contribution in [-0.2, 0) is 16.0 Å². The summed E-state index contributed by atoms with van der Waals surface area (Å²) in [6, 6.07) is 3.49. The van der Waals surface area contributed by atoms with E-state index in [1.54, 1.807) is 19.2 Å². The number of rotatable bonds is 10. The van der Waals surface area contributed by atoms with E-state index in [9.17, 15) is 5.11 Å². The first-order chi connectivity index (χ1) is 9.24. The quantitative estimate of drug-likeness (QED) is 0.631. The summed E-state index contributed by atoms with van der Waals surface area (Å²) in [5, 5.41) is 12.9. The van der Waals surface area contributed by atoms with Crippen molar-refractivity contribution in [1.82, 2.24) is 10.3 Å². The van der Waals surface area contributed by atoms with Crippen LogP contribution >= 0.6 is 0 Å². The van der Waals surface area contributed by atoms with Crippen LogP contribution in [0.3, 0.4) is 0 Å². The van der Waals surface area contributed by atoms with Crippen molar-refractivity contribution >= 4 is 0 Å². The van der Waals surface area contributed by atoms with Gasteiger partial charge >= 0.3 is 0 Å². The molecule has 0 unspecified atom stereocenters. The van der Waals surface area contributed by atoms with Gasteiger partial charge in [-0.05, 0) is 38.4 Å². The number of aromatic hydroxyl groups is 1. The number of methoxy groups -OCH3 is 1. The van der Waals surface area contributed by atoms with Crippen molar-refractivity contribution in [1.29, 1.82) is 0 Å². The van der Waals surface area contributed by atoms with Crippen LogP contribution in [0.2, 0.25) is 0 Å². The van der Waals surface area contributed by atoms with Gasteiger partial charge in [0.2, 0.25) is 0 Å². The van der Waals surface area contributed by atoms with Crippen molar-refractivity contribution in [3.05, 3.63) is 23.5 Å². The van der Waals surface area contributed by atoms with Gasteiger partial charge in [0.15, 0.2) is 0 Å². The lowest BCUT2D eigenvalue weighted by Gasteiger charge is -2.07. The predicted molar refractivity (Wildman–Crippen MR) is 74.3 cm³/mol. The molecule has 2 N–H and O–H groups in total. The lowest BCUT2D eigenvalue weighted by molar-refractivity contribution is 0.0688. The van der Waals surface area contributed by atoms with Gasteiger partial charge in [0.25, 0.3) is 0 Å². The van der Waals surface area contributed by atoms with Gasteiger partial charge < -0.3 is 19.9 Å². The van der Waals surface area contributed by atoms with Crippen LogP contribution in [-0.4, -0.2) is 43.6 Å². The second kappa shape index (κ2) is 9.72. The Hall–Kier alpha value is -1.17. The monoisotopic (exact) mass is 268 g/mol. The van der Waals surface area contributed by atoms with Crippen LogP contribution in [0.15, 0.2) is 12.1 Å². The highest BCUT2D eigenvalue weighted by molar-refractivity contribution is 5.27. The summed E-state index contributed by atoms with van der Waals surface area (Å²) in [6.45, 7) is 5.47. The zero-order valence-electron chi connectivity index (χ0n) is 11.8. The predicted octanol–water partition coefficient (Wildman–Crippen LogP) is 1.63. The molecule has 5 heteroatoms. The number of pyridine rings is 1. The van der Waals surface area contributed by atoms with E-state index >= 15 is 0 Å². The number of unbranched alkanes of at least 4 members (excludes halogenated alkanes) is 1. The molecule has 0 aliphatic rings. The van der Waals surface area contributed by atoms with Gasteiger partial charge in [-0.2, -0.15) is 0 Å². The fourth-order valence-electron chi connectivity index (χ4n) is 1.64. The van der Waals surface area contributed by atoms with Crippen LogP contribution in [0.25, 0.3) is 0 Å². The molecular formula is C14H24N2O3. The molecule has 0 saturated carbocycles. The van der Waals surface area contributed by atoms with Crippen LogP contribution in [0.1, 0.15) is 24.2 Å². The average Bonchev–Trinajstić information content (AvgIpc) is 2.40. The summed E-state index contributed by atoms with van der Waals surface area (Å²) in [5.74, 6) is 0.251. The number of ether oxygens (including phenoxy) is 2. The zero-order chi connectivity index (χ0) is 13.9. The van der Waals surface area contributed by atoms with Crippen molar-refractivity contribution < 1.29 is 14.6 Å². The Bertz CT molecular complexity index is 359. The maximum absolute atomic E-state index is 9.62. The molecule has 0 bridgehead atoms. The number of aromatic nitrogens is 1. The molecule has 1 heterocycles. The number of aryl methyl sites for hydroxylation is 1. The lowest BCUT2D eigenvalue weighted by atomic mass is 10.2.